The van der Waals surface area contributed by atoms with Crippen LogP contribution in [0.1, 0.15) is 21.5 Å². The molecule has 0 aromatic heterocycles. The Morgan fingerprint density at radius 1 is 0.935 bits per heavy atom. The topological polar surface area (TPSA) is 97.2 Å². The van der Waals surface area contributed by atoms with Gasteiger partial charge in [-0.05, 0) is 47.5 Å². The summed E-state index contributed by atoms with van der Waals surface area (Å²) in [4.78, 5) is 24.1. The van der Waals surface area contributed by atoms with Crippen LogP contribution >= 0.6 is 0 Å². The lowest BCUT2D eigenvalue weighted by Gasteiger charge is -2.08. The molecule has 156 valence electrons. The third-order valence-electron chi connectivity index (χ3n) is 4.14. The molecule has 0 aliphatic heterocycles. The molecule has 0 atom stereocenters. The molecule has 0 saturated heterocycles. The first kappa shape index (κ1) is 21.3. The zero-order valence-corrected chi connectivity index (χ0v) is 16.7. The van der Waals surface area contributed by atoms with Crippen LogP contribution in [0.25, 0.3) is 6.08 Å². The molecule has 0 aliphatic carbocycles. The van der Waals surface area contributed by atoms with Crippen LogP contribution in [-0.2, 0) is 4.79 Å². The van der Waals surface area contributed by atoms with Gasteiger partial charge in [0, 0.05) is 6.08 Å². The molecule has 0 saturated carbocycles. The maximum absolute atomic E-state index is 12.1. The van der Waals surface area contributed by atoms with E-state index in [2.05, 4.69) is 10.5 Å². The summed E-state index contributed by atoms with van der Waals surface area (Å²) in [6, 6.07) is 20.4. The van der Waals surface area contributed by atoms with Gasteiger partial charge in [0.25, 0.3) is 5.91 Å². The van der Waals surface area contributed by atoms with Crippen LogP contribution < -0.4 is 14.9 Å². The molecule has 2 N–H and O–H groups in total. The number of esters is 1. The minimum absolute atomic E-state index is 0.114. The van der Waals surface area contributed by atoms with Crippen molar-refractivity contribution in [3.05, 3.63) is 95.6 Å². The highest BCUT2D eigenvalue weighted by Crippen LogP contribution is 2.28. The van der Waals surface area contributed by atoms with Crippen molar-refractivity contribution in [1.29, 1.82) is 0 Å². The summed E-state index contributed by atoms with van der Waals surface area (Å²) in [7, 11) is 1.45. The van der Waals surface area contributed by atoms with Gasteiger partial charge in [0.05, 0.1) is 18.9 Å². The number of hydrazone groups is 1. The standard InChI is InChI=1S/C24H20N2O5/c1-30-22-15-18(16-25-26-24(29)19-9-5-6-10-20(19)27)11-13-21(22)31-23(28)14-12-17-7-3-2-4-8-17/h2-16,27H,1H3,(H,26,29)/b14-12+,25-16+. The summed E-state index contributed by atoms with van der Waals surface area (Å²) in [6.07, 6.45) is 4.39. The summed E-state index contributed by atoms with van der Waals surface area (Å²) >= 11 is 0. The molecule has 31 heavy (non-hydrogen) atoms. The smallest absolute Gasteiger partial charge is 0.336 e. The van der Waals surface area contributed by atoms with Gasteiger partial charge in [0.15, 0.2) is 11.5 Å². The summed E-state index contributed by atoms with van der Waals surface area (Å²) in [5.41, 5.74) is 3.94. The van der Waals surface area contributed by atoms with Crippen LogP contribution in [0.5, 0.6) is 17.2 Å². The predicted molar refractivity (Wildman–Crippen MR) is 117 cm³/mol. The Hall–Kier alpha value is -4.39. The quantitative estimate of drug-likeness (QED) is 0.201. The van der Waals surface area contributed by atoms with Crippen molar-refractivity contribution in [1.82, 2.24) is 5.43 Å². The van der Waals surface area contributed by atoms with Gasteiger partial charge in [-0.25, -0.2) is 10.2 Å². The second kappa shape index (κ2) is 10.4. The number of carbonyl (C=O) groups is 2. The molecule has 7 heteroatoms. The van der Waals surface area contributed by atoms with Crippen molar-refractivity contribution in [2.75, 3.05) is 7.11 Å². The molecule has 3 rings (SSSR count). The van der Waals surface area contributed by atoms with Crippen LogP contribution in [0, 0.1) is 0 Å². The zero-order chi connectivity index (χ0) is 22.1. The van der Waals surface area contributed by atoms with E-state index in [1.54, 1.807) is 36.4 Å². The van der Waals surface area contributed by atoms with Crippen LogP contribution in [0.3, 0.4) is 0 Å². The fourth-order valence-corrected chi connectivity index (χ4v) is 2.61. The SMILES string of the molecule is COc1cc(/C=N/NC(=O)c2ccccc2O)ccc1OC(=O)/C=C/c1ccccc1. The monoisotopic (exact) mass is 416 g/mol. The third kappa shape index (κ3) is 6.04. The number of amides is 1. The van der Waals surface area contributed by atoms with E-state index in [-0.39, 0.29) is 17.1 Å². The Labute approximate surface area is 179 Å². The average Bonchev–Trinajstić information content (AvgIpc) is 2.79. The minimum atomic E-state index is -0.544. The zero-order valence-electron chi connectivity index (χ0n) is 16.7. The van der Waals surface area contributed by atoms with E-state index in [1.165, 1.54) is 31.5 Å². The van der Waals surface area contributed by atoms with E-state index in [9.17, 15) is 14.7 Å². The van der Waals surface area contributed by atoms with Crippen LogP contribution in [0.2, 0.25) is 0 Å². The largest absolute Gasteiger partial charge is 0.507 e. The number of methoxy groups -OCH3 is 1. The highest BCUT2D eigenvalue weighted by Gasteiger charge is 2.10. The number of nitrogens with one attached hydrogen (secondary N) is 1. The second-order valence-corrected chi connectivity index (χ2v) is 6.29. The predicted octanol–water partition coefficient (Wildman–Crippen LogP) is 3.78. The fraction of sp³-hybridized carbons (Fsp3) is 0.0417. The molecule has 1 amide bonds. The first-order chi connectivity index (χ1) is 15.1. The normalized spacial score (nSPS) is 10.9. The fourth-order valence-electron chi connectivity index (χ4n) is 2.61. The number of rotatable bonds is 7. The number of para-hydroxylation sites is 1. The van der Waals surface area contributed by atoms with Crippen molar-refractivity contribution >= 4 is 24.2 Å². The average molecular weight is 416 g/mol. The van der Waals surface area contributed by atoms with E-state index in [4.69, 9.17) is 9.47 Å². The molecule has 0 fully saturated rings. The second-order valence-electron chi connectivity index (χ2n) is 6.29. The molecule has 3 aromatic carbocycles. The lowest BCUT2D eigenvalue weighted by molar-refractivity contribution is -0.129. The Morgan fingerprint density at radius 3 is 2.42 bits per heavy atom. The molecule has 7 nitrogen and oxygen atoms in total. The molecule has 0 radical (unpaired) electrons. The van der Waals surface area contributed by atoms with Crippen molar-refractivity contribution < 1.29 is 24.2 Å². The van der Waals surface area contributed by atoms with E-state index >= 15 is 0 Å². The van der Waals surface area contributed by atoms with Gasteiger partial charge in [0.1, 0.15) is 5.75 Å². The number of hydrogen-bond donors (Lipinski definition) is 2. The summed E-state index contributed by atoms with van der Waals surface area (Å²) in [5, 5.41) is 13.6. The van der Waals surface area contributed by atoms with Crippen LogP contribution in [0.4, 0.5) is 0 Å². The minimum Gasteiger partial charge on any atom is -0.507 e. The first-order valence-electron chi connectivity index (χ1n) is 9.31. The number of carbonyl (C=O) groups excluding carboxylic acids is 2. The molecular weight excluding hydrogens is 396 g/mol. The molecular formula is C24H20N2O5. The van der Waals surface area contributed by atoms with E-state index in [0.717, 1.165) is 5.56 Å². The maximum atomic E-state index is 12.1. The van der Waals surface area contributed by atoms with Gasteiger partial charge in [-0.3, -0.25) is 4.79 Å². The van der Waals surface area contributed by atoms with Gasteiger partial charge in [-0.1, -0.05) is 42.5 Å². The van der Waals surface area contributed by atoms with Gasteiger partial charge >= 0.3 is 5.97 Å². The van der Waals surface area contributed by atoms with Gasteiger partial charge < -0.3 is 14.6 Å². The molecule has 0 aliphatic rings. The Morgan fingerprint density at radius 2 is 1.68 bits per heavy atom. The molecule has 3 aromatic rings. The summed E-state index contributed by atoms with van der Waals surface area (Å²) in [5.74, 6) is -0.641. The molecule has 0 spiro atoms. The number of phenols is 1. The van der Waals surface area contributed by atoms with E-state index in [1.807, 2.05) is 30.3 Å². The van der Waals surface area contributed by atoms with Gasteiger partial charge in [0.2, 0.25) is 0 Å². The van der Waals surface area contributed by atoms with Crippen molar-refractivity contribution in [3.63, 3.8) is 0 Å². The number of nitrogens with zero attached hydrogens (tertiary/aromatic N) is 1. The maximum Gasteiger partial charge on any atom is 0.336 e. The summed E-state index contributed by atoms with van der Waals surface area (Å²) < 4.78 is 10.6. The highest BCUT2D eigenvalue weighted by molar-refractivity contribution is 5.97. The number of ether oxygens (including phenoxy) is 2. The van der Waals surface area contributed by atoms with E-state index in [0.29, 0.717) is 11.3 Å². The lowest BCUT2D eigenvalue weighted by atomic mass is 10.2. The number of aromatic hydroxyl groups is 1. The summed E-state index contributed by atoms with van der Waals surface area (Å²) in [6.45, 7) is 0. The number of hydrogen-bond acceptors (Lipinski definition) is 6. The Kier molecular flexibility index (Phi) is 7.16. The highest BCUT2D eigenvalue weighted by atomic mass is 16.6. The van der Waals surface area contributed by atoms with Crippen LogP contribution in [0.15, 0.2) is 84.0 Å². The van der Waals surface area contributed by atoms with Crippen molar-refractivity contribution in [2.24, 2.45) is 5.10 Å². The van der Waals surface area contributed by atoms with Gasteiger partial charge in [-0.2, -0.15) is 5.10 Å². The Balaban J connectivity index is 1.63. The van der Waals surface area contributed by atoms with Crippen LogP contribution in [-0.4, -0.2) is 30.3 Å². The first-order valence-corrected chi connectivity index (χ1v) is 9.31. The van der Waals surface area contributed by atoms with Gasteiger partial charge in [-0.15, -0.1) is 0 Å². The molecule has 0 unspecified atom stereocenters. The van der Waals surface area contributed by atoms with Crippen molar-refractivity contribution in [2.45, 2.75) is 0 Å². The Bertz CT molecular complexity index is 1120. The molecule has 0 bridgehead atoms. The van der Waals surface area contributed by atoms with E-state index < -0.39 is 11.9 Å². The lowest BCUT2D eigenvalue weighted by Crippen LogP contribution is -2.17. The number of benzene rings is 3. The van der Waals surface area contributed by atoms with Crippen molar-refractivity contribution in [3.8, 4) is 17.2 Å². The third-order valence-corrected chi connectivity index (χ3v) is 4.14. The molecule has 0 heterocycles. The number of phenolic OH excluding ortho intramolecular Hbond substituents is 1.